The third-order valence-corrected chi connectivity index (χ3v) is 1.96. The molecule has 0 spiro atoms. The molecule has 1 rings (SSSR count). The molecule has 1 aromatic rings. The van der Waals surface area contributed by atoms with Crippen molar-refractivity contribution in [3.05, 3.63) is 0 Å². The molecule has 0 amide bonds. The highest BCUT2D eigenvalue weighted by molar-refractivity contribution is 7.09. The first kappa shape index (κ1) is 9.21. The van der Waals surface area contributed by atoms with Crippen LogP contribution in [-0.2, 0) is 0 Å². The predicted molar refractivity (Wildman–Crippen MR) is 51.4 cm³/mol. The van der Waals surface area contributed by atoms with E-state index in [2.05, 4.69) is 19.6 Å². The highest BCUT2D eigenvalue weighted by atomic mass is 32.1. The Hall–Kier alpha value is -0.880. The largest absolute Gasteiger partial charge is 0.367 e. The number of nitrogens with two attached hydrogens (primary N) is 1. The number of hydrogen-bond donors (Lipinski definition) is 2. The molecule has 0 saturated heterocycles. The molecule has 0 fully saturated rings. The Morgan fingerprint density at radius 2 is 2.33 bits per heavy atom. The average Bonchev–Trinajstić information content (AvgIpc) is 2.35. The molecule has 1 aromatic heterocycles. The van der Waals surface area contributed by atoms with Gasteiger partial charge in [0, 0.05) is 24.6 Å². The van der Waals surface area contributed by atoms with E-state index in [9.17, 15) is 0 Å². The summed E-state index contributed by atoms with van der Waals surface area (Å²) in [5.41, 5.74) is 5.35. The van der Waals surface area contributed by atoms with E-state index >= 15 is 0 Å². The van der Waals surface area contributed by atoms with Crippen LogP contribution < -0.4 is 11.1 Å². The van der Waals surface area contributed by atoms with Crippen LogP contribution in [0.5, 0.6) is 0 Å². The number of anilines is 2. The minimum atomic E-state index is 0.340. The van der Waals surface area contributed by atoms with Gasteiger partial charge in [0.25, 0.3) is 0 Å². The molecule has 0 unspecified atom stereocenters. The summed E-state index contributed by atoms with van der Waals surface area (Å²) in [7, 11) is 4.05. The maximum atomic E-state index is 5.35. The van der Waals surface area contributed by atoms with Crippen molar-refractivity contribution in [2.24, 2.45) is 0 Å². The number of rotatable bonds is 4. The standard InChI is InChI=1S/C6H13N5S/c1-11(2)4-3-8-6-9-5(7)10-12-6/h3-4H2,1-2H3,(H3,7,8,9,10). The molecule has 0 saturated carbocycles. The zero-order valence-electron chi connectivity index (χ0n) is 7.24. The number of hydrogen-bond acceptors (Lipinski definition) is 6. The van der Waals surface area contributed by atoms with Crippen LogP contribution in [0.4, 0.5) is 11.1 Å². The Morgan fingerprint density at radius 1 is 1.58 bits per heavy atom. The minimum Gasteiger partial charge on any atom is -0.367 e. The van der Waals surface area contributed by atoms with Crippen molar-refractivity contribution in [3.8, 4) is 0 Å². The fraction of sp³-hybridized carbons (Fsp3) is 0.667. The number of nitrogens with one attached hydrogen (secondary N) is 1. The van der Waals surface area contributed by atoms with Crippen molar-refractivity contribution in [2.45, 2.75) is 0 Å². The molecular weight excluding hydrogens is 174 g/mol. The van der Waals surface area contributed by atoms with Crippen LogP contribution in [-0.4, -0.2) is 41.4 Å². The third-order valence-electron chi connectivity index (χ3n) is 1.28. The van der Waals surface area contributed by atoms with Crippen LogP contribution in [0.1, 0.15) is 0 Å². The van der Waals surface area contributed by atoms with Crippen molar-refractivity contribution in [1.29, 1.82) is 0 Å². The average molecular weight is 187 g/mol. The molecule has 0 atom stereocenters. The van der Waals surface area contributed by atoms with Gasteiger partial charge in [0.05, 0.1) is 0 Å². The molecule has 68 valence electrons. The van der Waals surface area contributed by atoms with Gasteiger partial charge in [-0.2, -0.15) is 9.36 Å². The molecule has 3 N–H and O–H groups in total. The quantitative estimate of drug-likeness (QED) is 0.699. The summed E-state index contributed by atoms with van der Waals surface area (Å²) in [5, 5.41) is 3.91. The van der Waals surface area contributed by atoms with E-state index in [-0.39, 0.29) is 0 Å². The first-order valence-electron chi connectivity index (χ1n) is 3.66. The van der Waals surface area contributed by atoms with E-state index in [0.717, 1.165) is 18.2 Å². The molecule has 0 aromatic carbocycles. The number of nitrogens with zero attached hydrogens (tertiary/aromatic N) is 3. The lowest BCUT2D eigenvalue weighted by molar-refractivity contribution is 0.425. The first-order chi connectivity index (χ1) is 5.68. The summed E-state index contributed by atoms with van der Waals surface area (Å²) >= 11 is 1.29. The van der Waals surface area contributed by atoms with Crippen molar-refractivity contribution >= 4 is 22.6 Å². The lowest BCUT2D eigenvalue weighted by Gasteiger charge is -2.08. The van der Waals surface area contributed by atoms with Gasteiger partial charge in [-0.15, -0.1) is 0 Å². The van der Waals surface area contributed by atoms with Gasteiger partial charge in [-0.05, 0) is 14.1 Å². The zero-order valence-corrected chi connectivity index (χ0v) is 8.06. The second kappa shape index (κ2) is 4.22. The van der Waals surface area contributed by atoms with Crippen LogP contribution in [0.15, 0.2) is 0 Å². The Balaban J connectivity index is 2.24. The number of nitrogen functional groups attached to an aromatic ring is 1. The van der Waals surface area contributed by atoms with Gasteiger partial charge in [-0.3, -0.25) is 0 Å². The number of aromatic nitrogens is 2. The molecular formula is C6H13N5S. The van der Waals surface area contributed by atoms with Crippen LogP contribution in [0.3, 0.4) is 0 Å². The fourth-order valence-electron chi connectivity index (χ4n) is 0.693. The van der Waals surface area contributed by atoms with Gasteiger partial charge in [-0.25, -0.2) is 0 Å². The van der Waals surface area contributed by atoms with E-state index in [1.165, 1.54) is 11.5 Å². The molecule has 0 bridgehead atoms. The Kier molecular flexibility index (Phi) is 3.24. The predicted octanol–water partition coefficient (Wildman–Crippen LogP) is 0.0938. The Morgan fingerprint density at radius 3 is 2.83 bits per heavy atom. The Bertz CT molecular complexity index is 234. The molecule has 0 aliphatic carbocycles. The topological polar surface area (TPSA) is 67.1 Å². The molecule has 6 heteroatoms. The second-order valence-corrected chi connectivity index (χ2v) is 3.44. The third kappa shape index (κ3) is 3.02. The summed E-state index contributed by atoms with van der Waals surface area (Å²) in [6.45, 7) is 1.83. The van der Waals surface area contributed by atoms with E-state index in [0.29, 0.717) is 5.95 Å². The van der Waals surface area contributed by atoms with Gasteiger partial charge in [-0.1, -0.05) is 0 Å². The monoisotopic (exact) mass is 187 g/mol. The summed E-state index contributed by atoms with van der Waals surface area (Å²) in [4.78, 5) is 6.06. The van der Waals surface area contributed by atoms with Gasteiger partial charge in [0.2, 0.25) is 11.1 Å². The van der Waals surface area contributed by atoms with E-state index < -0.39 is 0 Å². The van der Waals surface area contributed by atoms with Crippen molar-refractivity contribution < 1.29 is 0 Å². The summed E-state index contributed by atoms with van der Waals surface area (Å²) < 4.78 is 3.85. The van der Waals surface area contributed by atoms with Gasteiger partial charge < -0.3 is 16.0 Å². The van der Waals surface area contributed by atoms with E-state index in [4.69, 9.17) is 5.73 Å². The van der Waals surface area contributed by atoms with Gasteiger partial charge >= 0.3 is 0 Å². The maximum Gasteiger partial charge on any atom is 0.233 e. The second-order valence-electron chi connectivity index (χ2n) is 2.69. The van der Waals surface area contributed by atoms with Gasteiger partial charge in [0.1, 0.15) is 0 Å². The van der Waals surface area contributed by atoms with Crippen molar-refractivity contribution in [3.63, 3.8) is 0 Å². The normalized spacial score (nSPS) is 10.6. The van der Waals surface area contributed by atoms with Crippen LogP contribution in [0.2, 0.25) is 0 Å². The van der Waals surface area contributed by atoms with Crippen LogP contribution in [0.25, 0.3) is 0 Å². The summed E-state index contributed by atoms with van der Waals surface area (Å²) in [5.74, 6) is 0.340. The minimum absolute atomic E-state index is 0.340. The SMILES string of the molecule is CN(C)CCNc1nc(N)ns1. The number of likely N-dealkylation sites (N-methyl/N-ethyl adjacent to an activating group) is 1. The fourth-order valence-corrected chi connectivity index (χ4v) is 1.21. The highest BCUT2D eigenvalue weighted by Crippen LogP contribution is 2.10. The molecule has 0 aliphatic rings. The van der Waals surface area contributed by atoms with Crippen molar-refractivity contribution in [2.75, 3.05) is 38.2 Å². The summed E-state index contributed by atoms with van der Waals surface area (Å²) in [6.07, 6.45) is 0. The van der Waals surface area contributed by atoms with Crippen LogP contribution >= 0.6 is 11.5 Å². The van der Waals surface area contributed by atoms with Crippen LogP contribution in [0, 0.1) is 0 Å². The Labute approximate surface area is 75.8 Å². The zero-order chi connectivity index (χ0) is 8.97. The molecule has 1 heterocycles. The molecule has 5 nitrogen and oxygen atoms in total. The first-order valence-corrected chi connectivity index (χ1v) is 4.43. The smallest absolute Gasteiger partial charge is 0.233 e. The molecule has 0 aliphatic heterocycles. The van der Waals surface area contributed by atoms with Crippen molar-refractivity contribution in [1.82, 2.24) is 14.3 Å². The van der Waals surface area contributed by atoms with E-state index in [1.807, 2.05) is 14.1 Å². The van der Waals surface area contributed by atoms with E-state index in [1.54, 1.807) is 0 Å². The lowest BCUT2D eigenvalue weighted by Crippen LogP contribution is -2.20. The molecule has 0 radical (unpaired) electrons. The lowest BCUT2D eigenvalue weighted by atomic mass is 10.6. The van der Waals surface area contributed by atoms with Gasteiger partial charge in [0.15, 0.2) is 0 Å². The molecule has 12 heavy (non-hydrogen) atoms. The highest BCUT2D eigenvalue weighted by Gasteiger charge is 1.98. The summed E-state index contributed by atoms with van der Waals surface area (Å²) in [6, 6.07) is 0. The maximum absolute atomic E-state index is 5.35.